The van der Waals surface area contributed by atoms with Crippen molar-refractivity contribution in [3.63, 3.8) is 0 Å². The van der Waals surface area contributed by atoms with Gasteiger partial charge in [-0.2, -0.15) is 5.10 Å². The number of nitrogens with one attached hydrogen (secondary N) is 2. The van der Waals surface area contributed by atoms with Crippen molar-refractivity contribution in [2.45, 2.75) is 38.9 Å². The summed E-state index contributed by atoms with van der Waals surface area (Å²) in [5, 5.41) is 22.3. The average Bonchev–Trinajstić information content (AvgIpc) is 3.52. The second kappa shape index (κ2) is 9.55. The van der Waals surface area contributed by atoms with E-state index in [9.17, 15) is 14.7 Å². The molecule has 2 amide bonds. The number of nitrogens with zero attached hydrogens (tertiary/aromatic N) is 4. The van der Waals surface area contributed by atoms with Gasteiger partial charge in [0.15, 0.2) is 0 Å². The van der Waals surface area contributed by atoms with Crippen LogP contribution in [0.1, 0.15) is 56.8 Å². The van der Waals surface area contributed by atoms with Gasteiger partial charge in [0.05, 0.1) is 16.8 Å². The van der Waals surface area contributed by atoms with Crippen LogP contribution in [0.25, 0.3) is 10.9 Å². The van der Waals surface area contributed by atoms with Crippen LogP contribution >= 0.6 is 0 Å². The van der Waals surface area contributed by atoms with E-state index in [1.165, 1.54) is 19.3 Å². The largest absolute Gasteiger partial charge is 0.507 e. The molecule has 3 aliphatic rings. The minimum absolute atomic E-state index is 0.0355. The van der Waals surface area contributed by atoms with Crippen molar-refractivity contribution >= 4 is 22.7 Å². The van der Waals surface area contributed by atoms with E-state index in [0.717, 1.165) is 54.9 Å². The van der Waals surface area contributed by atoms with Crippen LogP contribution in [0.2, 0.25) is 0 Å². The van der Waals surface area contributed by atoms with Gasteiger partial charge in [0, 0.05) is 62.8 Å². The number of amides is 2. The number of likely N-dealkylation sites (tertiary alicyclic amines) is 1. The fourth-order valence-electron chi connectivity index (χ4n) is 5.62. The third kappa shape index (κ3) is 4.33. The number of fused-ring (bicyclic) bond motifs is 2. The zero-order valence-corrected chi connectivity index (χ0v) is 20.4. The van der Waals surface area contributed by atoms with Crippen LogP contribution in [0.5, 0.6) is 5.75 Å². The highest BCUT2D eigenvalue weighted by Crippen LogP contribution is 2.31. The molecule has 1 aromatic heterocycles. The number of rotatable bonds is 4. The fourth-order valence-corrected chi connectivity index (χ4v) is 5.62. The van der Waals surface area contributed by atoms with E-state index < -0.39 is 0 Å². The number of H-pyrrole nitrogens is 1. The molecule has 188 valence electrons. The molecule has 3 aliphatic heterocycles. The Bertz CT molecular complexity index is 1310. The summed E-state index contributed by atoms with van der Waals surface area (Å²) in [7, 11) is 0. The van der Waals surface area contributed by atoms with E-state index in [1.54, 1.807) is 17.0 Å². The Balaban J connectivity index is 1.21. The van der Waals surface area contributed by atoms with Gasteiger partial charge >= 0.3 is 0 Å². The van der Waals surface area contributed by atoms with Gasteiger partial charge in [-0.15, -0.1) is 0 Å². The van der Waals surface area contributed by atoms with Gasteiger partial charge < -0.3 is 20.2 Å². The number of phenolic OH excluding ortho intramolecular Hbond substituents is 1. The van der Waals surface area contributed by atoms with Crippen molar-refractivity contribution in [3.8, 4) is 5.75 Å². The van der Waals surface area contributed by atoms with Gasteiger partial charge in [-0.3, -0.25) is 19.6 Å². The van der Waals surface area contributed by atoms with Gasteiger partial charge in [-0.05, 0) is 55.3 Å². The van der Waals surface area contributed by atoms with E-state index in [4.69, 9.17) is 0 Å². The van der Waals surface area contributed by atoms with E-state index in [2.05, 4.69) is 20.4 Å². The maximum atomic E-state index is 13.5. The molecule has 36 heavy (non-hydrogen) atoms. The van der Waals surface area contributed by atoms with Gasteiger partial charge in [-0.1, -0.05) is 12.5 Å². The molecule has 4 heterocycles. The minimum atomic E-state index is -0.217. The Labute approximate surface area is 210 Å². The number of benzene rings is 2. The number of hydrogen-bond acceptors (Lipinski definition) is 6. The normalized spacial score (nSPS) is 18.6. The molecule has 6 rings (SSSR count). The molecule has 0 unspecified atom stereocenters. The summed E-state index contributed by atoms with van der Waals surface area (Å²) in [5.41, 5.74) is 4.61. The standard InChI is InChI=1S/C27H32N6O3/c34-25-14-23-21(24(30-29-23)17-31-8-2-1-3-9-31)13-22(25)27(36)33-15-19-5-4-18(12-20(19)16-33)26(35)32-10-6-28-7-11-32/h4-5,12-14,28,34H,1-3,6-11,15-17H2,(H,29,30). The number of carbonyl (C=O) groups is 2. The number of hydrogen-bond donors (Lipinski definition) is 3. The molecule has 0 atom stereocenters. The lowest BCUT2D eigenvalue weighted by Crippen LogP contribution is -2.46. The van der Waals surface area contributed by atoms with Crippen LogP contribution in [0, 0.1) is 0 Å². The van der Waals surface area contributed by atoms with E-state index in [-0.39, 0.29) is 23.1 Å². The number of carbonyl (C=O) groups excluding carboxylic acids is 2. The topological polar surface area (TPSA) is 105 Å². The first kappa shape index (κ1) is 23.0. The monoisotopic (exact) mass is 488 g/mol. The summed E-state index contributed by atoms with van der Waals surface area (Å²) in [4.78, 5) is 32.4. The molecule has 9 heteroatoms. The molecule has 3 aromatic rings. The molecule has 0 aliphatic carbocycles. The number of piperazine rings is 1. The van der Waals surface area contributed by atoms with Gasteiger partial charge in [0.25, 0.3) is 11.8 Å². The van der Waals surface area contributed by atoms with Crippen LogP contribution in [-0.4, -0.2) is 81.1 Å². The molecule has 2 fully saturated rings. The zero-order chi connectivity index (χ0) is 24.6. The number of aromatic nitrogens is 2. The number of phenols is 1. The maximum absolute atomic E-state index is 13.5. The van der Waals surface area contributed by atoms with Crippen molar-refractivity contribution < 1.29 is 14.7 Å². The molecular weight excluding hydrogens is 456 g/mol. The smallest absolute Gasteiger partial charge is 0.258 e. The third-order valence-electron chi connectivity index (χ3n) is 7.68. The quantitative estimate of drug-likeness (QED) is 0.521. The van der Waals surface area contributed by atoms with Gasteiger partial charge in [0.2, 0.25) is 0 Å². The van der Waals surface area contributed by atoms with Crippen LogP contribution in [0.3, 0.4) is 0 Å². The number of piperidine rings is 1. The van der Waals surface area contributed by atoms with Crippen LogP contribution in [0.15, 0.2) is 30.3 Å². The first-order chi connectivity index (χ1) is 17.6. The first-order valence-electron chi connectivity index (χ1n) is 12.9. The second-order valence-corrected chi connectivity index (χ2v) is 10.1. The molecule has 0 bridgehead atoms. The molecule has 0 radical (unpaired) electrons. The van der Waals surface area contributed by atoms with Crippen LogP contribution in [-0.2, 0) is 19.6 Å². The highest BCUT2D eigenvalue weighted by Gasteiger charge is 2.28. The lowest BCUT2D eigenvalue weighted by Gasteiger charge is -2.27. The summed E-state index contributed by atoms with van der Waals surface area (Å²) in [5.74, 6) is -0.242. The minimum Gasteiger partial charge on any atom is -0.507 e. The Kier molecular flexibility index (Phi) is 6.10. The molecular formula is C27H32N6O3. The van der Waals surface area contributed by atoms with Crippen molar-refractivity contribution in [1.29, 1.82) is 0 Å². The van der Waals surface area contributed by atoms with Crippen molar-refractivity contribution in [1.82, 2.24) is 30.2 Å². The number of aromatic hydroxyl groups is 1. The second-order valence-electron chi connectivity index (χ2n) is 10.1. The predicted octanol–water partition coefficient (Wildman–Crippen LogP) is 2.46. The number of aromatic amines is 1. The fraction of sp³-hybridized carbons (Fsp3) is 0.444. The third-order valence-corrected chi connectivity index (χ3v) is 7.68. The summed E-state index contributed by atoms with van der Waals surface area (Å²) in [6, 6.07) is 9.08. The Morgan fingerprint density at radius 1 is 0.889 bits per heavy atom. The summed E-state index contributed by atoms with van der Waals surface area (Å²) < 4.78 is 0. The summed E-state index contributed by atoms with van der Waals surface area (Å²) >= 11 is 0. The zero-order valence-electron chi connectivity index (χ0n) is 20.4. The van der Waals surface area contributed by atoms with Crippen LogP contribution < -0.4 is 5.32 Å². The summed E-state index contributed by atoms with van der Waals surface area (Å²) in [6.07, 6.45) is 3.68. The Hall–Kier alpha value is -3.43. The van der Waals surface area contributed by atoms with E-state index in [1.807, 2.05) is 23.1 Å². The highest BCUT2D eigenvalue weighted by molar-refractivity contribution is 6.01. The molecule has 0 spiro atoms. The van der Waals surface area contributed by atoms with Crippen molar-refractivity contribution in [2.75, 3.05) is 39.3 Å². The highest BCUT2D eigenvalue weighted by atomic mass is 16.3. The van der Waals surface area contributed by atoms with E-state index >= 15 is 0 Å². The average molecular weight is 489 g/mol. The Morgan fingerprint density at radius 3 is 2.47 bits per heavy atom. The molecule has 3 N–H and O–H groups in total. The van der Waals surface area contributed by atoms with Crippen molar-refractivity contribution in [2.24, 2.45) is 0 Å². The molecule has 9 nitrogen and oxygen atoms in total. The lowest BCUT2D eigenvalue weighted by molar-refractivity contribution is 0.0734. The summed E-state index contributed by atoms with van der Waals surface area (Å²) in [6.45, 7) is 6.79. The van der Waals surface area contributed by atoms with Gasteiger partial charge in [-0.25, -0.2) is 0 Å². The predicted molar refractivity (Wildman–Crippen MR) is 136 cm³/mol. The SMILES string of the molecule is O=C(c1ccc2c(c1)CN(C(=O)c1cc3c(CN4CCCCC4)[nH]nc3cc1O)C2)N1CCNCC1. The van der Waals surface area contributed by atoms with E-state index in [0.29, 0.717) is 37.3 Å². The Morgan fingerprint density at radius 2 is 1.67 bits per heavy atom. The maximum Gasteiger partial charge on any atom is 0.258 e. The van der Waals surface area contributed by atoms with Crippen LogP contribution in [0.4, 0.5) is 0 Å². The molecule has 0 saturated carbocycles. The van der Waals surface area contributed by atoms with Gasteiger partial charge in [0.1, 0.15) is 5.75 Å². The molecule has 2 aromatic carbocycles. The lowest BCUT2D eigenvalue weighted by atomic mass is 10.1. The van der Waals surface area contributed by atoms with Crippen molar-refractivity contribution in [3.05, 3.63) is 58.3 Å². The first-order valence-corrected chi connectivity index (χ1v) is 12.9. The molecule has 2 saturated heterocycles.